The molecule has 0 amide bonds. The fourth-order valence-electron chi connectivity index (χ4n) is 5.06. The number of benzene rings is 2. The molecule has 3 rings (SSSR count). The molecule has 0 radical (unpaired) electrons. The average Bonchev–Trinajstić information content (AvgIpc) is 2.65. The zero-order valence-corrected chi connectivity index (χ0v) is 18.4. The average molecular weight is 478 g/mol. The zero-order chi connectivity index (χ0) is 19.5. The van der Waals surface area contributed by atoms with Crippen LogP contribution in [0.5, 0.6) is 0 Å². The van der Waals surface area contributed by atoms with Gasteiger partial charge in [-0.15, -0.1) is 0 Å². The van der Waals surface area contributed by atoms with Gasteiger partial charge in [0, 0.05) is 5.41 Å². The van der Waals surface area contributed by atoms with Crippen molar-refractivity contribution < 1.29 is 12.6 Å². The third kappa shape index (κ3) is 4.65. The summed E-state index contributed by atoms with van der Waals surface area (Å²) in [7, 11) is 0. The Hall–Kier alpha value is -1.56. The first-order chi connectivity index (χ1) is 12.8. The minimum atomic E-state index is -0.661. The molecule has 4 heteroatoms. The van der Waals surface area contributed by atoms with Crippen molar-refractivity contribution in [2.45, 2.75) is 52.1 Å². The van der Waals surface area contributed by atoms with Gasteiger partial charge < -0.3 is 7.80 Å². The van der Waals surface area contributed by atoms with Gasteiger partial charge in [-0.05, 0) is 47.3 Å². The van der Waals surface area contributed by atoms with Gasteiger partial charge >= 0.3 is 6.16 Å². The third-order valence-corrected chi connectivity index (χ3v) is 5.96. The van der Waals surface area contributed by atoms with Crippen LogP contribution in [0.1, 0.15) is 56.7 Å². The molecule has 0 heterocycles. The van der Waals surface area contributed by atoms with Crippen LogP contribution in [0, 0.1) is 11.3 Å². The Labute approximate surface area is 176 Å². The summed E-state index contributed by atoms with van der Waals surface area (Å²) in [6, 6.07) is 19.3. The van der Waals surface area contributed by atoms with Crippen molar-refractivity contribution in [1.29, 1.82) is 0 Å². The summed E-state index contributed by atoms with van der Waals surface area (Å²) in [5.74, 6) is 0.642. The summed E-state index contributed by atoms with van der Waals surface area (Å²) >= 11 is 1.54. The molecule has 0 saturated heterocycles. The number of halogens is 1. The van der Waals surface area contributed by atoms with E-state index in [0.29, 0.717) is 5.92 Å². The van der Waals surface area contributed by atoms with Crippen LogP contribution >= 0.6 is 23.0 Å². The van der Waals surface area contributed by atoms with E-state index in [9.17, 15) is 4.79 Å². The lowest BCUT2D eigenvalue weighted by molar-refractivity contribution is 0.106. The van der Waals surface area contributed by atoms with E-state index in [4.69, 9.17) is 4.74 Å². The van der Waals surface area contributed by atoms with Crippen LogP contribution < -0.4 is 0 Å². The highest BCUT2D eigenvalue weighted by molar-refractivity contribution is 14.1. The van der Waals surface area contributed by atoms with Gasteiger partial charge in [0.2, 0.25) is 0 Å². The quantitative estimate of drug-likeness (QED) is 0.357. The first kappa shape index (κ1) is 20.2. The van der Waals surface area contributed by atoms with Crippen LogP contribution in [0.4, 0.5) is 4.79 Å². The van der Waals surface area contributed by atoms with Crippen LogP contribution in [-0.4, -0.2) is 6.16 Å². The molecule has 0 N–H and O–H groups in total. The molecule has 2 aromatic rings. The van der Waals surface area contributed by atoms with Gasteiger partial charge in [0.15, 0.2) is 23.0 Å². The van der Waals surface area contributed by atoms with E-state index in [-0.39, 0.29) is 17.4 Å². The number of rotatable bonds is 4. The standard InChI is InChI=1S/C23H27IO3/c1-17-13-22(2,3)16-23(14-17,19-9-5-4-6-10-19)20-11-7-8-18(12-20)15-26-21(25)27-24/h4-12,17H,13-16H2,1-3H3. The lowest BCUT2D eigenvalue weighted by Crippen LogP contribution is -2.41. The van der Waals surface area contributed by atoms with Crippen molar-refractivity contribution >= 4 is 29.2 Å². The summed E-state index contributed by atoms with van der Waals surface area (Å²) in [5, 5.41) is 0. The second-order valence-electron chi connectivity index (χ2n) is 8.62. The van der Waals surface area contributed by atoms with E-state index >= 15 is 0 Å². The molecule has 1 fully saturated rings. The zero-order valence-electron chi connectivity index (χ0n) is 16.2. The highest BCUT2D eigenvalue weighted by atomic mass is 127. The second-order valence-corrected chi connectivity index (χ2v) is 9.06. The van der Waals surface area contributed by atoms with Gasteiger partial charge in [-0.3, -0.25) is 0 Å². The molecule has 27 heavy (non-hydrogen) atoms. The number of hydrogen-bond donors (Lipinski definition) is 0. The van der Waals surface area contributed by atoms with E-state index in [0.717, 1.165) is 18.4 Å². The van der Waals surface area contributed by atoms with Gasteiger partial charge in [-0.1, -0.05) is 75.4 Å². The molecule has 0 spiro atoms. The molecule has 2 unspecified atom stereocenters. The summed E-state index contributed by atoms with van der Waals surface area (Å²) in [5.41, 5.74) is 3.90. The predicted octanol–water partition coefficient (Wildman–Crippen LogP) is 6.82. The summed E-state index contributed by atoms with van der Waals surface area (Å²) < 4.78 is 9.71. The first-order valence-electron chi connectivity index (χ1n) is 9.45. The van der Waals surface area contributed by atoms with E-state index in [1.807, 2.05) is 6.07 Å². The van der Waals surface area contributed by atoms with Gasteiger partial charge in [0.05, 0.1) is 0 Å². The van der Waals surface area contributed by atoms with Crippen molar-refractivity contribution in [1.82, 2.24) is 0 Å². The molecule has 144 valence electrons. The molecule has 0 aliphatic heterocycles. The maximum atomic E-state index is 11.3. The van der Waals surface area contributed by atoms with E-state index in [1.54, 1.807) is 0 Å². The number of hydrogen-bond acceptors (Lipinski definition) is 3. The van der Waals surface area contributed by atoms with Gasteiger partial charge in [0.1, 0.15) is 6.61 Å². The molecular formula is C23H27IO3. The largest absolute Gasteiger partial charge is 0.518 e. The fourth-order valence-corrected chi connectivity index (χ4v) is 5.19. The van der Waals surface area contributed by atoms with E-state index in [2.05, 4.69) is 72.4 Å². The Kier molecular flexibility index (Phi) is 6.14. The number of carbonyl (C=O) groups excluding carboxylic acids is 1. The van der Waals surface area contributed by atoms with Gasteiger partial charge in [0.25, 0.3) is 0 Å². The maximum absolute atomic E-state index is 11.3. The minimum absolute atomic E-state index is 0.0256. The monoisotopic (exact) mass is 478 g/mol. The van der Waals surface area contributed by atoms with Gasteiger partial charge in [-0.2, -0.15) is 0 Å². The topological polar surface area (TPSA) is 35.5 Å². The third-order valence-electron chi connectivity index (χ3n) is 5.60. The van der Waals surface area contributed by atoms with Crippen molar-refractivity contribution in [2.75, 3.05) is 0 Å². The Balaban J connectivity index is 2.03. The van der Waals surface area contributed by atoms with Crippen LogP contribution in [0.15, 0.2) is 54.6 Å². The number of ether oxygens (including phenoxy) is 1. The van der Waals surface area contributed by atoms with Crippen LogP contribution in [0.2, 0.25) is 0 Å². The maximum Gasteiger partial charge on any atom is 0.518 e. The number of carbonyl (C=O) groups is 1. The highest BCUT2D eigenvalue weighted by Gasteiger charge is 2.45. The molecule has 3 nitrogen and oxygen atoms in total. The smallest absolute Gasteiger partial charge is 0.429 e. The van der Waals surface area contributed by atoms with E-state index in [1.165, 1.54) is 40.6 Å². The lowest BCUT2D eigenvalue weighted by Gasteiger charge is -2.48. The molecular weight excluding hydrogens is 451 g/mol. The van der Waals surface area contributed by atoms with Crippen LogP contribution in [0.3, 0.4) is 0 Å². The lowest BCUT2D eigenvalue weighted by atomic mass is 9.55. The molecule has 2 aromatic carbocycles. The fraction of sp³-hybridized carbons (Fsp3) is 0.435. The molecule has 1 aliphatic rings. The Bertz CT molecular complexity index is 787. The summed E-state index contributed by atoms with van der Waals surface area (Å²) in [6.45, 7) is 7.34. The normalized spacial score (nSPS) is 24.2. The van der Waals surface area contributed by atoms with Gasteiger partial charge in [-0.25, -0.2) is 4.79 Å². The summed E-state index contributed by atoms with van der Waals surface area (Å²) in [4.78, 5) is 11.3. The second kappa shape index (κ2) is 8.21. The van der Waals surface area contributed by atoms with Crippen molar-refractivity contribution in [3.63, 3.8) is 0 Å². The Morgan fingerprint density at radius 2 is 1.78 bits per heavy atom. The molecule has 0 bridgehead atoms. The molecule has 1 saturated carbocycles. The van der Waals surface area contributed by atoms with Crippen molar-refractivity contribution in [2.24, 2.45) is 11.3 Å². The predicted molar refractivity (Wildman–Crippen MR) is 116 cm³/mol. The van der Waals surface area contributed by atoms with Crippen molar-refractivity contribution in [3.8, 4) is 0 Å². The molecule has 0 aromatic heterocycles. The first-order valence-corrected chi connectivity index (χ1v) is 10.3. The van der Waals surface area contributed by atoms with Crippen LogP contribution in [0.25, 0.3) is 0 Å². The summed E-state index contributed by atoms with van der Waals surface area (Å²) in [6.07, 6.45) is 2.81. The Morgan fingerprint density at radius 1 is 1.07 bits per heavy atom. The van der Waals surface area contributed by atoms with Crippen molar-refractivity contribution in [3.05, 3.63) is 71.3 Å². The Morgan fingerprint density at radius 3 is 2.44 bits per heavy atom. The van der Waals surface area contributed by atoms with Crippen LogP contribution in [-0.2, 0) is 19.8 Å². The highest BCUT2D eigenvalue weighted by Crippen LogP contribution is 2.53. The SMILES string of the molecule is CC1CC(C)(C)CC(c2ccccc2)(c2cccc(COC(=O)OI)c2)C1. The van der Waals surface area contributed by atoms with E-state index < -0.39 is 6.16 Å². The minimum Gasteiger partial charge on any atom is -0.429 e. The molecule has 2 atom stereocenters. The molecule has 1 aliphatic carbocycles.